The number of ketones is 1. The molecule has 2 aromatic carbocycles. The van der Waals surface area contributed by atoms with Gasteiger partial charge in [0.2, 0.25) is 0 Å². The van der Waals surface area contributed by atoms with E-state index in [1.165, 1.54) is 12.1 Å². The molecular weight excluding hydrogens is 408 g/mol. The smallest absolute Gasteiger partial charge is 0.185 e. The molecule has 0 aliphatic heterocycles. The number of hydrogen-bond acceptors (Lipinski definition) is 3. The first-order valence-electron chi connectivity index (χ1n) is 5.65. The molecule has 0 aliphatic carbocycles. The average Bonchev–Trinajstić information content (AvgIpc) is 2.39. The number of sulfone groups is 1. The van der Waals surface area contributed by atoms with Crippen LogP contribution in [0, 0.1) is 0 Å². The second-order valence-corrected chi connectivity index (χ2v) is 7.96. The summed E-state index contributed by atoms with van der Waals surface area (Å²) in [6, 6.07) is 12.8. The quantitative estimate of drug-likeness (QED) is 0.709. The molecule has 104 valence electrons. The molecule has 3 nitrogen and oxygen atoms in total. The lowest BCUT2D eigenvalue weighted by molar-refractivity contribution is 0.102. The molecule has 0 radical (unpaired) electrons. The van der Waals surface area contributed by atoms with Crippen LogP contribution >= 0.6 is 31.9 Å². The minimum Gasteiger partial charge on any atom is -0.293 e. The third kappa shape index (κ3) is 3.77. The van der Waals surface area contributed by atoms with Crippen molar-refractivity contribution in [3.8, 4) is 0 Å². The van der Waals surface area contributed by atoms with E-state index in [0.29, 0.717) is 5.56 Å². The Bertz CT molecular complexity index is 720. The van der Waals surface area contributed by atoms with E-state index in [0.717, 1.165) is 8.95 Å². The Morgan fingerprint density at radius 3 is 1.80 bits per heavy atom. The number of carbonyl (C=O) groups excluding carboxylic acids is 1. The fourth-order valence-electron chi connectivity index (χ4n) is 1.62. The predicted octanol–water partition coefficient (Wildman–Crippen LogP) is 3.87. The third-order valence-electron chi connectivity index (χ3n) is 2.66. The third-order valence-corrected chi connectivity index (χ3v) is 5.35. The van der Waals surface area contributed by atoms with Crippen molar-refractivity contribution < 1.29 is 13.2 Å². The maximum Gasteiger partial charge on any atom is 0.185 e. The summed E-state index contributed by atoms with van der Waals surface area (Å²) in [5.41, 5.74) is 0.383. The van der Waals surface area contributed by atoms with E-state index in [2.05, 4.69) is 31.9 Å². The van der Waals surface area contributed by atoms with Crippen molar-refractivity contribution in [3.63, 3.8) is 0 Å². The minimum absolute atomic E-state index is 0.145. The molecule has 0 spiro atoms. The van der Waals surface area contributed by atoms with Crippen LogP contribution in [0.5, 0.6) is 0 Å². The molecular formula is C14H10Br2O3S. The van der Waals surface area contributed by atoms with Crippen molar-refractivity contribution >= 4 is 47.5 Å². The summed E-state index contributed by atoms with van der Waals surface area (Å²) >= 11 is 6.51. The van der Waals surface area contributed by atoms with Crippen molar-refractivity contribution in [2.45, 2.75) is 4.90 Å². The Balaban J connectivity index is 2.22. The lowest BCUT2D eigenvalue weighted by atomic mass is 10.2. The molecule has 0 bridgehead atoms. The standard InChI is InChI=1S/C14H10Br2O3S/c15-11-3-1-10(2-4-11)14(17)9-20(18,19)13-7-5-12(16)6-8-13/h1-8H,9H2. The molecule has 2 aromatic rings. The summed E-state index contributed by atoms with van der Waals surface area (Å²) in [5.74, 6) is -0.948. The molecule has 0 saturated heterocycles. The number of rotatable bonds is 4. The van der Waals surface area contributed by atoms with Gasteiger partial charge in [0.15, 0.2) is 15.6 Å². The molecule has 0 aromatic heterocycles. The summed E-state index contributed by atoms with van der Waals surface area (Å²) in [6.07, 6.45) is 0. The van der Waals surface area contributed by atoms with Gasteiger partial charge < -0.3 is 0 Å². The van der Waals surface area contributed by atoms with Crippen LogP contribution in [-0.4, -0.2) is 20.0 Å². The monoisotopic (exact) mass is 416 g/mol. The zero-order valence-electron chi connectivity index (χ0n) is 10.2. The zero-order valence-corrected chi connectivity index (χ0v) is 14.2. The molecule has 0 heterocycles. The van der Waals surface area contributed by atoms with Gasteiger partial charge in [0.05, 0.1) is 4.90 Å². The minimum atomic E-state index is -3.62. The van der Waals surface area contributed by atoms with Crippen LogP contribution in [0.2, 0.25) is 0 Å². The Hall–Kier alpha value is -0.980. The van der Waals surface area contributed by atoms with E-state index >= 15 is 0 Å². The van der Waals surface area contributed by atoms with E-state index < -0.39 is 21.4 Å². The molecule has 0 atom stereocenters. The number of halogens is 2. The van der Waals surface area contributed by atoms with Crippen molar-refractivity contribution in [2.24, 2.45) is 0 Å². The van der Waals surface area contributed by atoms with Crippen LogP contribution in [-0.2, 0) is 9.84 Å². The first-order valence-corrected chi connectivity index (χ1v) is 8.89. The highest BCUT2D eigenvalue weighted by atomic mass is 79.9. The SMILES string of the molecule is O=C(CS(=O)(=O)c1ccc(Br)cc1)c1ccc(Br)cc1. The fourth-order valence-corrected chi connectivity index (χ4v) is 3.37. The predicted molar refractivity (Wildman–Crippen MR) is 84.7 cm³/mol. The Kier molecular flexibility index (Phi) is 4.78. The van der Waals surface area contributed by atoms with E-state index in [1.807, 2.05) is 0 Å². The molecule has 0 fully saturated rings. The van der Waals surface area contributed by atoms with Gasteiger partial charge in [-0.25, -0.2) is 8.42 Å². The molecule has 6 heteroatoms. The van der Waals surface area contributed by atoms with Crippen LogP contribution in [0.1, 0.15) is 10.4 Å². The van der Waals surface area contributed by atoms with Crippen LogP contribution in [0.3, 0.4) is 0 Å². The first kappa shape index (κ1) is 15.4. The highest BCUT2D eigenvalue weighted by Gasteiger charge is 2.20. The van der Waals surface area contributed by atoms with Crippen LogP contribution in [0.25, 0.3) is 0 Å². The van der Waals surface area contributed by atoms with Gasteiger partial charge in [0.25, 0.3) is 0 Å². The Morgan fingerprint density at radius 2 is 1.30 bits per heavy atom. The normalized spacial score (nSPS) is 11.3. The van der Waals surface area contributed by atoms with Gasteiger partial charge >= 0.3 is 0 Å². The highest BCUT2D eigenvalue weighted by Crippen LogP contribution is 2.17. The summed E-state index contributed by atoms with van der Waals surface area (Å²) in [5, 5.41) is 0. The lowest BCUT2D eigenvalue weighted by Gasteiger charge is -2.04. The Labute approximate surface area is 134 Å². The molecule has 20 heavy (non-hydrogen) atoms. The Morgan fingerprint density at radius 1 is 0.850 bits per heavy atom. The van der Waals surface area contributed by atoms with Crippen molar-refractivity contribution in [3.05, 3.63) is 63.0 Å². The van der Waals surface area contributed by atoms with E-state index in [9.17, 15) is 13.2 Å². The molecule has 0 saturated carbocycles. The molecule has 0 amide bonds. The van der Waals surface area contributed by atoms with Crippen molar-refractivity contribution in [1.82, 2.24) is 0 Å². The van der Waals surface area contributed by atoms with E-state index in [4.69, 9.17) is 0 Å². The summed E-state index contributed by atoms with van der Waals surface area (Å²) in [6.45, 7) is 0. The molecule has 0 N–H and O–H groups in total. The second kappa shape index (κ2) is 6.20. The van der Waals surface area contributed by atoms with Gasteiger partial charge in [-0.15, -0.1) is 0 Å². The molecule has 0 unspecified atom stereocenters. The summed E-state index contributed by atoms with van der Waals surface area (Å²) in [4.78, 5) is 12.2. The summed E-state index contributed by atoms with van der Waals surface area (Å²) in [7, 11) is -3.62. The lowest BCUT2D eigenvalue weighted by Crippen LogP contribution is -2.16. The van der Waals surface area contributed by atoms with Crippen LogP contribution in [0.4, 0.5) is 0 Å². The van der Waals surface area contributed by atoms with Gasteiger partial charge in [0, 0.05) is 14.5 Å². The number of benzene rings is 2. The van der Waals surface area contributed by atoms with Gasteiger partial charge in [-0.3, -0.25) is 4.79 Å². The largest absolute Gasteiger partial charge is 0.293 e. The molecule has 2 rings (SSSR count). The maximum absolute atomic E-state index is 12.1. The van der Waals surface area contributed by atoms with Crippen LogP contribution < -0.4 is 0 Å². The number of Topliss-reactive ketones (excluding diaryl/α,β-unsaturated/α-hetero) is 1. The van der Waals surface area contributed by atoms with Gasteiger partial charge in [-0.2, -0.15) is 0 Å². The van der Waals surface area contributed by atoms with Crippen molar-refractivity contribution in [2.75, 3.05) is 5.75 Å². The van der Waals surface area contributed by atoms with Gasteiger partial charge in [-0.1, -0.05) is 44.0 Å². The number of carbonyl (C=O) groups is 1. The average molecular weight is 418 g/mol. The second-order valence-electron chi connectivity index (χ2n) is 4.14. The van der Waals surface area contributed by atoms with E-state index in [1.54, 1.807) is 36.4 Å². The summed E-state index contributed by atoms with van der Waals surface area (Å²) < 4.78 is 25.9. The van der Waals surface area contributed by atoms with Crippen molar-refractivity contribution in [1.29, 1.82) is 0 Å². The van der Waals surface area contributed by atoms with Gasteiger partial charge in [0.1, 0.15) is 5.75 Å². The van der Waals surface area contributed by atoms with E-state index in [-0.39, 0.29) is 4.90 Å². The number of hydrogen-bond donors (Lipinski definition) is 0. The zero-order chi connectivity index (χ0) is 14.8. The first-order chi connectivity index (χ1) is 9.38. The fraction of sp³-hybridized carbons (Fsp3) is 0.0714. The topological polar surface area (TPSA) is 51.2 Å². The maximum atomic E-state index is 12.1. The van der Waals surface area contributed by atoms with Crippen LogP contribution in [0.15, 0.2) is 62.4 Å². The van der Waals surface area contributed by atoms with Gasteiger partial charge in [-0.05, 0) is 36.4 Å². The highest BCUT2D eigenvalue weighted by molar-refractivity contribution is 9.10. The molecule has 0 aliphatic rings.